The van der Waals surface area contributed by atoms with Crippen LogP contribution in [0.5, 0.6) is 0 Å². The first-order chi connectivity index (χ1) is 8.95. The Morgan fingerprint density at radius 1 is 1.16 bits per heavy atom. The van der Waals surface area contributed by atoms with Crippen LogP contribution in [0.15, 0.2) is 6.20 Å². The van der Waals surface area contributed by atoms with E-state index in [9.17, 15) is 0 Å². The summed E-state index contributed by atoms with van der Waals surface area (Å²) in [7, 11) is 2.05. The predicted octanol–water partition coefficient (Wildman–Crippen LogP) is 2.72. The van der Waals surface area contributed by atoms with Crippen LogP contribution in [0, 0.1) is 0 Å². The van der Waals surface area contributed by atoms with Crippen molar-refractivity contribution in [2.24, 2.45) is 12.8 Å². The molecule has 0 aliphatic rings. The molecule has 0 radical (unpaired) electrons. The molecule has 0 unspecified atom stereocenters. The lowest BCUT2D eigenvalue weighted by Crippen LogP contribution is -2.07. The molecule has 0 amide bonds. The van der Waals surface area contributed by atoms with E-state index in [1.54, 1.807) is 0 Å². The summed E-state index contributed by atoms with van der Waals surface area (Å²) in [6.07, 6.45) is 3.02. The number of hydrogen-bond donors (Lipinski definition) is 1. The van der Waals surface area contributed by atoms with Crippen molar-refractivity contribution < 1.29 is 0 Å². The Balaban J connectivity index is 2.77. The molecule has 0 aliphatic heterocycles. The Bertz CT molecular complexity index is 581. The fourth-order valence-corrected chi connectivity index (χ4v) is 2.43. The van der Waals surface area contributed by atoms with Crippen molar-refractivity contribution in [2.75, 3.05) is 6.54 Å². The van der Waals surface area contributed by atoms with Gasteiger partial charge in [-0.3, -0.25) is 0 Å². The first-order valence-electron chi connectivity index (χ1n) is 7.01. The summed E-state index contributed by atoms with van der Waals surface area (Å²) in [5.41, 5.74) is 9.16. The molecule has 4 heteroatoms. The maximum absolute atomic E-state index is 5.72. The van der Waals surface area contributed by atoms with Gasteiger partial charge in [-0.1, -0.05) is 27.7 Å². The topological polar surface area (TPSA) is 56.7 Å². The lowest BCUT2D eigenvalue weighted by Gasteiger charge is -2.12. The van der Waals surface area contributed by atoms with E-state index in [1.807, 2.05) is 7.05 Å². The van der Waals surface area contributed by atoms with E-state index in [-0.39, 0.29) is 0 Å². The van der Waals surface area contributed by atoms with Crippen molar-refractivity contribution in [2.45, 2.75) is 46.0 Å². The summed E-state index contributed by atoms with van der Waals surface area (Å²) in [6.45, 7) is 9.29. The minimum absolute atomic E-state index is 0.342. The van der Waals surface area contributed by atoms with Crippen LogP contribution in [-0.4, -0.2) is 21.1 Å². The summed E-state index contributed by atoms with van der Waals surface area (Å²) in [6, 6.07) is 0. The number of aromatic nitrogens is 3. The quantitative estimate of drug-likeness (QED) is 0.919. The van der Waals surface area contributed by atoms with Gasteiger partial charge in [0.25, 0.3) is 0 Å². The third-order valence-electron chi connectivity index (χ3n) is 3.42. The molecule has 104 valence electrons. The lowest BCUT2D eigenvalue weighted by atomic mass is 10.0. The molecular weight excluding hydrogens is 236 g/mol. The Hall–Kier alpha value is -1.42. The van der Waals surface area contributed by atoms with Gasteiger partial charge in [-0.2, -0.15) is 0 Å². The van der Waals surface area contributed by atoms with Crippen LogP contribution in [-0.2, 0) is 13.5 Å². The highest BCUT2D eigenvalue weighted by Gasteiger charge is 2.18. The second kappa shape index (κ2) is 5.29. The highest BCUT2D eigenvalue weighted by atomic mass is 15.0. The monoisotopic (exact) mass is 260 g/mol. The van der Waals surface area contributed by atoms with Crippen LogP contribution >= 0.6 is 0 Å². The highest BCUT2D eigenvalue weighted by molar-refractivity contribution is 5.83. The van der Waals surface area contributed by atoms with Crippen LogP contribution < -0.4 is 5.73 Å². The number of hydrogen-bond acceptors (Lipinski definition) is 3. The molecule has 0 aromatic carbocycles. The van der Waals surface area contributed by atoms with Gasteiger partial charge < -0.3 is 10.3 Å². The van der Waals surface area contributed by atoms with Crippen LogP contribution in [0.3, 0.4) is 0 Å². The van der Waals surface area contributed by atoms with Crippen molar-refractivity contribution in [3.8, 4) is 0 Å². The molecule has 19 heavy (non-hydrogen) atoms. The molecular formula is C15H24N4. The van der Waals surface area contributed by atoms with E-state index in [0.29, 0.717) is 18.4 Å². The average molecular weight is 260 g/mol. The Morgan fingerprint density at radius 3 is 2.37 bits per heavy atom. The van der Waals surface area contributed by atoms with E-state index in [4.69, 9.17) is 15.7 Å². The molecule has 0 saturated carbocycles. The Morgan fingerprint density at radius 2 is 1.84 bits per heavy atom. The first kappa shape index (κ1) is 14.0. The number of aryl methyl sites for hydroxylation is 1. The van der Waals surface area contributed by atoms with Gasteiger partial charge in [-0.25, -0.2) is 9.97 Å². The molecule has 2 rings (SSSR count). The lowest BCUT2D eigenvalue weighted by molar-refractivity contribution is 0.737. The molecule has 0 fully saturated rings. The Kier molecular flexibility index (Phi) is 3.90. The maximum Gasteiger partial charge on any atom is 0.143 e. The SMILES string of the molecule is CC(C)c1nc(C(C)C)c2c(CCN)cn(C)c2n1. The summed E-state index contributed by atoms with van der Waals surface area (Å²) < 4.78 is 2.10. The summed E-state index contributed by atoms with van der Waals surface area (Å²) >= 11 is 0. The molecule has 4 nitrogen and oxygen atoms in total. The van der Waals surface area contributed by atoms with Gasteiger partial charge in [0, 0.05) is 24.5 Å². The van der Waals surface area contributed by atoms with Crippen LogP contribution in [0.25, 0.3) is 11.0 Å². The summed E-state index contributed by atoms with van der Waals surface area (Å²) in [5, 5.41) is 1.20. The maximum atomic E-state index is 5.72. The van der Waals surface area contributed by atoms with Crippen LogP contribution in [0.1, 0.15) is 56.6 Å². The van der Waals surface area contributed by atoms with Gasteiger partial charge >= 0.3 is 0 Å². The molecule has 0 spiro atoms. The fraction of sp³-hybridized carbons (Fsp3) is 0.600. The van der Waals surface area contributed by atoms with E-state index in [1.165, 1.54) is 10.9 Å². The molecule has 0 aliphatic carbocycles. The van der Waals surface area contributed by atoms with Crippen molar-refractivity contribution in [1.29, 1.82) is 0 Å². The van der Waals surface area contributed by atoms with Gasteiger partial charge in [-0.15, -0.1) is 0 Å². The molecule has 0 saturated heterocycles. The minimum atomic E-state index is 0.342. The fourth-order valence-electron chi connectivity index (χ4n) is 2.43. The molecule has 2 aromatic heterocycles. The molecule has 0 atom stereocenters. The van der Waals surface area contributed by atoms with E-state index in [0.717, 1.165) is 23.6 Å². The second-order valence-corrected chi connectivity index (χ2v) is 5.78. The third kappa shape index (κ3) is 2.50. The van der Waals surface area contributed by atoms with Gasteiger partial charge in [0.2, 0.25) is 0 Å². The van der Waals surface area contributed by atoms with Crippen molar-refractivity contribution in [3.05, 3.63) is 23.3 Å². The van der Waals surface area contributed by atoms with Gasteiger partial charge in [0.15, 0.2) is 0 Å². The van der Waals surface area contributed by atoms with Crippen molar-refractivity contribution in [1.82, 2.24) is 14.5 Å². The zero-order valence-corrected chi connectivity index (χ0v) is 12.6. The van der Waals surface area contributed by atoms with E-state index < -0.39 is 0 Å². The zero-order chi connectivity index (χ0) is 14.2. The predicted molar refractivity (Wildman–Crippen MR) is 79.4 cm³/mol. The largest absolute Gasteiger partial charge is 0.335 e. The van der Waals surface area contributed by atoms with Gasteiger partial charge in [-0.05, 0) is 24.4 Å². The molecule has 0 bridgehead atoms. The number of nitrogens with zero attached hydrogens (tertiary/aromatic N) is 3. The molecule has 2 N–H and O–H groups in total. The van der Waals surface area contributed by atoms with Crippen LogP contribution in [0.4, 0.5) is 0 Å². The highest BCUT2D eigenvalue weighted by Crippen LogP contribution is 2.29. The number of nitrogens with two attached hydrogens (primary N) is 1. The van der Waals surface area contributed by atoms with Crippen molar-refractivity contribution >= 4 is 11.0 Å². The minimum Gasteiger partial charge on any atom is -0.335 e. The van der Waals surface area contributed by atoms with Gasteiger partial charge in [0.1, 0.15) is 11.5 Å². The second-order valence-electron chi connectivity index (χ2n) is 5.78. The zero-order valence-electron chi connectivity index (χ0n) is 12.6. The van der Waals surface area contributed by atoms with E-state index in [2.05, 4.69) is 38.5 Å². The molecule has 2 aromatic rings. The first-order valence-corrected chi connectivity index (χ1v) is 7.01. The summed E-state index contributed by atoms with van der Waals surface area (Å²) in [4.78, 5) is 9.52. The standard InChI is InChI=1S/C15H24N4/c1-9(2)13-12-11(6-7-16)8-19(5)15(12)18-14(17-13)10(3)4/h8-10H,6-7,16H2,1-5H3. The number of fused-ring (bicyclic) bond motifs is 1. The van der Waals surface area contributed by atoms with E-state index >= 15 is 0 Å². The normalized spacial score (nSPS) is 12.0. The van der Waals surface area contributed by atoms with Crippen LogP contribution in [0.2, 0.25) is 0 Å². The number of rotatable bonds is 4. The smallest absolute Gasteiger partial charge is 0.143 e. The Labute approximate surface area is 115 Å². The molecule has 2 heterocycles. The van der Waals surface area contributed by atoms with Gasteiger partial charge in [0.05, 0.1) is 5.69 Å². The third-order valence-corrected chi connectivity index (χ3v) is 3.42. The summed E-state index contributed by atoms with van der Waals surface area (Å²) in [5.74, 6) is 1.66. The average Bonchev–Trinajstić information content (AvgIpc) is 2.66. The van der Waals surface area contributed by atoms with Crippen molar-refractivity contribution in [3.63, 3.8) is 0 Å².